The number of rotatable bonds is 7. The van der Waals surface area contributed by atoms with Gasteiger partial charge in [-0.3, -0.25) is 0 Å². The molecule has 2 fully saturated rings. The van der Waals surface area contributed by atoms with E-state index in [0.29, 0.717) is 0 Å². The molecule has 1 nitrogen and oxygen atoms in total. The zero-order valence-electron chi connectivity index (χ0n) is 12.6. The molecule has 1 heteroatoms. The van der Waals surface area contributed by atoms with E-state index in [1.54, 1.807) is 0 Å². The summed E-state index contributed by atoms with van der Waals surface area (Å²) in [7, 11) is 0. The van der Waals surface area contributed by atoms with Crippen molar-refractivity contribution in [2.45, 2.75) is 84.1 Å². The van der Waals surface area contributed by atoms with Crippen LogP contribution >= 0.6 is 0 Å². The maximum Gasteiger partial charge on any atom is 0.0124 e. The summed E-state index contributed by atoms with van der Waals surface area (Å²) < 4.78 is 0. The van der Waals surface area contributed by atoms with Gasteiger partial charge < -0.3 is 5.32 Å². The summed E-state index contributed by atoms with van der Waals surface area (Å²) in [5.74, 6) is 3.07. The highest BCUT2D eigenvalue weighted by molar-refractivity contribution is 4.90. The Balaban J connectivity index is 1.79. The molecule has 0 heterocycles. The van der Waals surface area contributed by atoms with E-state index in [1.807, 2.05) is 0 Å². The molecule has 0 radical (unpaired) electrons. The van der Waals surface area contributed by atoms with Gasteiger partial charge in [-0.25, -0.2) is 0 Å². The molecule has 0 amide bonds. The number of hydrogen-bond donors (Lipinski definition) is 1. The molecule has 0 bridgehead atoms. The van der Waals surface area contributed by atoms with Crippen molar-refractivity contribution in [3.8, 4) is 0 Å². The molecular weight excluding hydrogens is 218 g/mol. The monoisotopic (exact) mass is 251 g/mol. The summed E-state index contributed by atoms with van der Waals surface area (Å²) in [6.07, 6.45) is 14.6. The first-order chi connectivity index (χ1) is 8.85. The van der Waals surface area contributed by atoms with Crippen LogP contribution in [0.4, 0.5) is 0 Å². The van der Waals surface area contributed by atoms with Crippen LogP contribution in [-0.2, 0) is 0 Å². The highest BCUT2D eigenvalue weighted by atomic mass is 14.9. The smallest absolute Gasteiger partial charge is 0.0124 e. The summed E-state index contributed by atoms with van der Waals surface area (Å²) >= 11 is 0. The van der Waals surface area contributed by atoms with E-state index in [2.05, 4.69) is 19.2 Å². The first-order valence-electron chi connectivity index (χ1n) is 8.58. The van der Waals surface area contributed by atoms with Crippen molar-refractivity contribution >= 4 is 0 Å². The van der Waals surface area contributed by atoms with E-state index in [1.165, 1.54) is 70.8 Å². The zero-order valence-corrected chi connectivity index (χ0v) is 12.6. The fraction of sp³-hybridized carbons (Fsp3) is 1.00. The fourth-order valence-corrected chi connectivity index (χ4v) is 4.07. The van der Waals surface area contributed by atoms with Gasteiger partial charge in [0.1, 0.15) is 0 Å². The van der Waals surface area contributed by atoms with Crippen molar-refractivity contribution in [3.05, 3.63) is 0 Å². The Morgan fingerprint density at radius 1 is 0.889 bits per heavy atom. The van der Waals surface area contributed by atoms with Gasteiger partial charge >= 0.3 is 0 Å². The first-order valence-corrected chi connectivity index (χ1v) is 8.58. The predicted octanol–water partition coefficient (Wildman–Crippen LogP) is 4.76. The molecule has 1 unspecified atom stereocenters. The van der Waals surface area contributed by atoms with E-state index in [0.717, 1.165) is 23.8 Å². The normalized spacial score (nSPS) is 31.0. The topological polar surface area (TPSA) is 12.0 Å². The van der Waals surface area contributed by atoms with Gasteiger partial charge in [0, 0.05) is 6.04 Å². The van der Waals surface area contributed by atoms with Gasteiger partial charge in [-0.15, -0.1) is 0 Å². The Labute approximate surface area is 114 Å². The molecule has 0 aliphatic heterocycles. The molecule has 2 rings (SSSR count). The van der Waals surface area contributed by atoms with Gasteiger partial charge in [0.15, 0.2) is 0 Å². The SMILES string of the molecule is CCCNC(C1CCC1)C1CCC(CCC)CC1. The Morgan fingerprint density at radius 2 is 1.56 bits per heavy atom. The average Bonchev–Trinajstić information content (AvgIpc) is 2.33. The van der Waals surface area contributed by atoms with E-state index in [-0.39, 0.29) is 0 Å². The molecule has 0 aromatic heterocycles. The molecule has 18 heavy (non-hydrogen) atoms. The summed E-state index contributed by atoms with van der Waals surface area (Å²) in [4.78, 5) is 0. The minimum atomic E-state index is 0.862. The van der Waals surface area contributed by atoms with Crippen LogP contribution in [0.1, 0.15) is 78.1 Å². The van der Waals surface area contributed by atoms with Gasteiger partial charge in [-0.2, -0.15) is 0 Å². The highest BCUT2D eigenvalue weighted by Crippen LogP contribution is 2.40. The van der Waals surface area contributed by atoms with Crippen LogP contribution in [0.5, 0.6) is 0 Å². The van der Waals surface area contributed by atoms with E-state index in [4.69, 9.17) is 0 Å². The van der Waals surface area contributed by atoms with Crippen LogP contribution in [-0.4, -0.2) is 12.6 Å². The van der Waals surface area contributed by atoms with Crippen molar-refractivity contribution in [3.63, 3.8) is 0 Å². The van der Waals surface area contributed by atoms with Crippen molar-refractivity contribution < 1.29 is 0 Å². The minimum absolute atomic E-state index is 0.862. The zero-order chi connectivity index (χ0) is 12.8. The molecule has 0 spiro atoms. The second-order valence-electron chi connectivity index (χ2n) is 6.74. The van der Waals surface area contributed by atoms with E-state index >= 15 is 0 Å². The van der Waals surface area contributed by atoms with Crippen molar-refractivity contribution in [2.75, 3.05) is 6.54 Å². The lowest BCUT2D eigenvalue weighted by atomic mass is 9.69. The molecule has 1 N–H and O–H groups in total. The fourth-order valence-electron chi connectivity index (χ4n) is 4.07. The molecule has 2 aliphatic carbocycles. The van der Waals surface area contributed by atoms with Crippen LogP contribution in [0.2, 0.25) is 0 Å². The Hall–Kier alpha value is -0.0400. The van der Waals surface area contributed by atoms with Crippen LogP contribution in [0.25, 0.3) is 0 Å². The van der Waals surface area contributed by atoms with Crippen LogP contribution in [0.15, 0.2) is 0 Å². The van der Waals surface area contributed by atoms with Crippen molar-refractivity contribution in [1.82, 2.24) is 5.32 Å². The Kier molecular flexibility index (Phi) is 6.01. The minimum Gasteiger partial charge on any atom is -0.313 e. The van der Waals surface area contributed by atoms with Gasteiger partial charge in [-0.05, 0) is 56.4 Å². The second-order valence-corrected chi connectivity index (χ2v) is 6.74. The Morgan fingerprint density at radius 3 is 2.06 bits per heavy atom. The largest absolute Gasteiger partial charge is 0.313 e. The molecule has 106 valence electrons. The predicted molar refractivity (Wildman–Crippen MR) is 79.8 cm³/mol. The Bertz CT molecular complexity index is 214. The third kappa shape index (κ3) is 3.73. The summed E-state index contributed by atoms with van der Waals surface area (Å²) in [6, 6.07) is 0.862. The lowest BCUT2D eigenvalue weighted by molar-refractivity contribution is 0.129. The number of hydrogen-bond acceptors (Lipinski definition) is 1. The number of nitrogens with one attached hydrogen (secondary N) is 1. The van der Waals surface area contributed by atoms with E-state index < -0.39 is 0 Å². The molecule has 0 saturated heterocycles. The van der Waals surface area contributed by atoms with Gasteiger partial charge in [0.2, 0.25) is 0 Å². The van der Waals surface area contributed by atoms with Gasteiger partial charge in [0.05, 0.1) is 0 Å². The van der Waals surface area contributed by atoms with Gasteiger partial charge in [0.25, 0.3) is 0 Å². The third-order valence-corrected chi connectivity index (χ3v) is 5.38. The molecule has 0 aromatic rings. The first kappa shape index (κ1) is 14.4. The maximum absolute atomic E-state index is 3.89. The van der Waals surface area contributed by atoms with Crippen molar-refractivity contribution in [1.29, 1.82) is 0 Å². The molecule has 1 atom stereocenters. The molecular formula is C17H33N. The van der Waals surface area contributed by atoms with Crippen LogP contribution in [0.3, 0.4) is 0 Å². The average molecular weight is 251 g/mol. The van der Waals surface area contributed by atoms with Crippen LogP contribution < -0.4 is 5.32 Å². The second kappa shape index (κ2) is 7.53. The molecule has 2 aliphatic rings. The summed E-state index contributed by atoms with van der Waals surface area (Å²) in [5, 5.41) is 3.89. The quantitative estimate of drug-likeness (QED) is 0.688. The van der Waals surface area contributed by atoms with Crippen LogP contribution in [0, 0.1) is 17.8 Å². The molecule has 2 saturated carbocycles. The summed E-state index contributed by atoms with van der Waals surface area (Å²) in [5.41, 5.74) is 0. The maximum atomic E-state index is 3.89. The standard InChI is InChI=1S/C17H33N/c1-3-6-14-9-11-16(12-10-14)17(18-13-4-2)15-7-5-8-15/h14-18H,3-13H2,1-2H3. The highest BCUT2D eigenvalue weighted by Gasteiger charge is 2.34. The lowest BCUT2D eigenvalue weighted by Gasteiger charge is -2.42. The third-order valence-electron chi connectivity index (χ3n) is 5.38. The van der Waals surface area contributed by atoms with Crippen molar-refractivity contribution in [2.24, 2.45) is 17.8 Å². The lowest BCUT2D eigenvalue weighted by Crippen LogP contribution is -2.46. The van der Waals surface area contributed by atoms with E-state index in [9.17, 15) is 0 Å². The van der Waals surface area contributed by atoms with Gasteiger partial charge in [-0.1, -0.05) is 46.0 Å². The summed E-state index contributed by atoms with van der Waals surface area (Å²) in [6.45, 7) is 5.87. The molecule has 0 aromatic carbocycles.